The first kappa shape index (κ1) is 22.3. The highest BCUT2D eigenvalue weighted by Gasteiger charge is 2.13. The van der Waals surface area contributed by atoms with Crippen molar-refractivity contribution in [1.82, 2.24) is 5.43 Å². The minimum atomic E-state index is -0.639. The van der Waals surface area contributed by atoms with Gasteiger partial charge in [0.15, 0.2) is 0 Å². The number of nitrogens with zero attached hydrogens (tertiary/aromatic N) is 1. The summed E-state index contributed by atoms with van der Waals surface area (Å²) in [5.41, 5.74) is 3.31. The lowest BCUT2D eigenvalue weighted by Gasteiger charge is -2.08. The predicted octanol–water partition coefficient (Wildman–Crippen LogP) is 5.16. The molecule has 158 valence electrons. The van der Waals surface area contributed by atoms with E-state index in [-0.39, 0.29) is 11.1 Å². The Kier molecular flexibility index (Phi) is 7.23. The lowest BCUT2D eigenvalue weighted by molar-refractivity contribution is 0.0953. The van der Waals surface area contributed by atoms with Gasteiger partial charge in [-0.2, -0.15) is 5.10 Å². The molecular weight excluding hydrogens is 444 g/mol. The second-order valence-electron chi connectivity index (χ2n) is 6.22. The SMILES string of the molecule is COc1c(Cl)cc(Cl)cc1/C=N/NC(=O)c1cccc(NC(=O)c2ccccc2F)c1. The number of rotatable bonds is 6. The third-order valence-electron chi connectivity index (χ3n) is 4.11. The van der Waals surface area contributed by atoms with Crippen LogP contribution in [0.3, 0.4) is 0 Å². The Bertz CT molecular complexity index is 1170. The first-order chi connectivity index (χ1) is 14.9. The van der Waals surface area contributed by atoms with Crippen molar-refractivity contribution in [2.75, 3.05) is 12.4 Å². The first-order valence-corrected chi connectivity index (χ1v) is 9.67. The van der Waals surface area contributed by atoms with Crippen LogP contribution in [0.4, 0.5) is 10.1 Å². The molecule has 0 aliphatic carbocycles. The molecule has 0 aliphatic rings. The molecule has 9 heteroatoms. The molecule has 0 aliphatic heterocycles. The van der Waals surface area contributed by atoms with Gasteiger partial charge in [0, 0.05) is 21.8 Å². The molecule has 0 aromatic heterocycles. The number of carbonyl (C=O) groups excluding carboxylic acids is 2. The van der Waals surface area contributed by atoms with Crippen LogP contribution in [-0.2, 0) is 0 Å². The van der Waals surface area contributed by atoms with Crippen LogP contribution in [0.1, 0.15) is 26.3 Å². The number of hydrazone groups is 1. The van der Waals surface area contributed by atoms with Crippen molar-refractivity contribution in [1.29, 1.82) is 0 Å². The van der Waals surface area contributed by atoms with Crippen LogP contribution in [0, 0.1) is 5.82 Å². The number of anilines is 1. The van der Waals surface area contributed by atoms with Gasteiger partial charge in [-0.25, -0.2) is 9.82 Å². The van der Waals surface area contributed by atoms with E-state index < -0.39 is 17.6 Å². The van der Waals surface area contributed by atoms with E-state index in [9.17, 15) is 14.0 Å². The zero-order valence-electron chi connectivity index (χ0n) is 16.2. The summed E-state index contributed by atoms with van der Waals surface area (Å²) in [5.74, 6) is -1.43. The number of benzene rings is 3. The third-order valence-corrected chi connectivity index (χ3v) is 4.61. The highest BCUT2D eigenvalue weighted by atomic mass is 35.5. The summed E-state index contributed by atoms with van der Waals surface area (Å²) in [6, 6.07) is 14.9. The number of nitrogens with one attached hydrogen (secondary N) is 2. The Morgan fingerprint density at radius 2 is 1.81 bits per heavy atom. The van der Waals surface area contributed by atoms with E-state index in [4.69, 9.17) is 27.9 Å². The van der Waals surface area contributed by atoms with Gasteiger partial charge in [-0.15, -0.1) is 0 Å². The maximum atomic E-state index is 13.8. The molecule has 6 nitrogen and oxygen atoms in total. The van der Waals surface area contributed by atoms with Gasteiger partial charge in [0.05, 0.1) is 23.9 Å². The summed E-state index contributed by atoms with van der Waals surface area (Å²) < 4.78 is 19.0. The molecule has 31 heavy (non-hydrogen) atoms. The number of carbonyl (C=O) groups is 2. The topological polar surface area (TPSA) is 79.8 Å². The molecule has 0 unspecified atom stereocenters. The number of ether oxygens (including phenoxy) is 1. The van der Waals surface area contributed by atoms with Crippen molar-refractivity contribution < 1.29 is 18.7 Å². The molecule has 0 saturated heterocycles. The second-order valence-corrected chi connectivity index (χ2v) is 7.07. The van der Waals surface area contributed by atoms with Crippen LogP contribution in [0.25, 0.3) is 0 Å². The summed E-state index contributed by atoms with van der Waals surface area (Å²) in [6.07, 6.45) is 1.35. The van der Waals surface area contributed by atoms with E-state index in [1.54, 1.807) is 30.3 Å². The Labute approximate surface area is 187 Å². The average Bonchev–Trinajstić information content (AvgIpc) is 2.74. The van der Waals surface area contributed by atoms with Gasteiger partial charge in [-0.3, -0.25) is 9.59 Å². The summed E-state index contributed by atoms with van der Waals surface area (Å²) >= 11 is 12.1. The van der Waals surface area contributed by atoms with E-state index in [0.717, 1.165) is 0 Å². The Morgan fingerprint density at radius 3 is 2.55 bits per heavy atom. The smallest absolute Gasteiger partial charge is 0.271 e. The van der Waals surface area contributed by atoms with Gasteiger partial charge in [0.1, 0.15) is 11.6 Å². The van der Waals surface area contributed by atoms with Crippen LogP contribution in [0.15, 0.2) is 65.8 Å². The normalized spacial score (nSPS) is 10.7. The van der Waals surface area contributed by atoms with Crippen molar-refractivity contribution in [2.45, 2.75) is 0 Å². The van der Waals surface area contributed by atoms with Gasteiger partial charge in [-0.1, -0.05) is 41.4 Å². The fourth-order valence-corrected chi connectivity index (χ4v) is 3.28. The quantitative estimate of drug-likeness (QED) is 0.394. The van der Waals surface area contributed by atoms with Crippen molar-refractivity contribution in [3.8, 4) is 5.75 Å². The van der Waals surface area contributed by atoms with E-state index in [1.807, 2.05) is 0 Å². The monoisotopic (exact) mass is 459 g/mol. The Morgan fingerprint density at radius 1 is 1.03 bits per heavy atom. The van der Waals surface area contributed by atoms with Gasteiger partial charge in [0.25, 0.3) is 11.8 Å². The molecule has 0 radical (unpaired) electrons. The molecule has 3 aromatic rings. The van der Waals surface area contributed by atoms with Crippen molar-refractivity contribution in [2.24, 2.45) is 5.10 Å². The van der Waals surface area contributed by atoms with Gasteiger partial charge in [-0.05, 0) is 42.5 Å². The number of methoxy groups -OCH3 is 1. The Hall–Kier alpha value is -3.42. The minimum Gasteiger partial charge on any atom is -0.495 e. The minimum absolute atomic E-state index is 0.101. The first-order valence-electron chi connectivity index (χ1n) is 8.91. The largest absolute Gasteiger partial charge is 0.495 e. The van der Waals surface area contributed by atoms with Crippen LogP contribution >= 0.6 is 23.2 Å². The fraction of sp³-hybridized carbons (Fsp3) is 0.0455. The molecular formula is C22H16Cl2FN3O3. The molecule has 0 saturated carbocycles. The molecule has 2 amide bonds. The number of hydrogen-bond acceptors (Lipinski definition) is 4. The van der Waals surface area contributed by atoms with Crippen LogP contribution in [-0.4, -0.2) is 25.1 Å². The van der Waals surface area contributed by atoms with Crippen LogP contribution in [0.5, 0.6) is 5.75 Å². The molecule has 0 fully saturated rings. The maximum absolute atomic E-state index is 13.8. The lowest BCUT2D eigenvalue weighted by atomic mass is 10.1. The standard InChI is InChI=1S/C22H16Cl2FN3O3/c1-31-20-14(9-15(23)11-18(20)24)12-26-28-21(29)13-5-4-6-16(10-13)27-22(30)17-7-2-3-8-19(17)25/h2-12H,1H3,(H,27,30)(H,28,29)/b26-12+. The highest BCUT2D eigenvalue weighted by Crippen LogP contribution is 2.31. The van der Waals surface area contributed by atoms with E-state index in [0.29, 0.717) is 27.0 Å². The van der Waals surface area contributed by atoms with E-state index in [2.05, 4.69) is 15.8 Å². The van der Waals surface area contributed by atoms with Crippen molar-refractivity contribution in [3.63, 3.8) is 0 Å². The van der Waals surface area contributed by atoms with Crippen LogP contribution in [0.2, 0.25) is 10.0 Å². The zero-order valence-corrected chi connectivity index (χ0v) is 17.7. The van der Waals surface area contributed by atoms with Crippen molar-refractivity contribution in [3.05, 3.63) is 93.2 Å². The van der Waals surface area contributed by atoms with Gasteiger partial charge in [0.2, 0.25) is 0 Å². The molecule has 0 spiro atoms. The van der Waals surface area contributed by atoms with Gasteiger partial charge >= 0.3 is 0 Å². The van der Waals surface area contributed by atoms with Crippen molar-refractivity contribution >= 4 is 46.9 Å². The number of hydrogen-bond donors (Lipinski definition) is 2. The number of amides is 2. The molecule has 0 heterocycles. The third kappa shape index (κ3) is 5.59. The summed E-state index contributed by atoms with van der Waals surface area (Å²) in [6.45, 7) is 0. The Balaban J connectivity index is 1.70. The van der Waals surface area contributed by atoms with Gasteiger partial charge < -0.3 is 10.1 Å². The highest BCUT2D eigenvalue weighted by molar-refractivity contribution is 6.36. The molecule has 2 N–H and O–H groups in total. The zero-order chi connectivity index (χ0) is 22.4. The predicted molar refractivity (Wildman–Crippen MR) is 119 cm³/mol. The molecule has 3 rings (SSSR count). The summed E-state index contributed by atoms with van der Waals surface area (Å²) in [7, 11) is 1.45. The average molecular weight is 460 g/mol. The van der Waals surface area contributed by atoms with Crippen LogP contribution < -0.4 is 15.5 Å². The summed E-state index contributed by atoms with van der Waals surface area (Å²) in [4.78, 5) is 24.7. The summed E-state index contributed by atoms with van der Waals surface area (Å²) in [5, 5.41) is 7.15. The molecule has 0 bridgehead atoms. The molecule has 3 aromatic carbocycles. The van der Waals surface area contributed by atoms with E-state index in [1.165, 1.54) is 43.7 Å². The fourth-order valence-electron chi connectivity index (χ4n) is 2.70. The second kappa shape index (κ2) is 10.1. The number of halogens is 3. The lowest BCUT2D eigenvalue weighted by Crippen LogP contribution is -2.18. The maximum Gasteiger partial charge on any atom is 0.271 e. The molecule has 0 atom stereocenters. The van der Waals surface area contributed by atoms with E-state index >= 15 is 0 Å².